The standard InChI is InChI=1S/C15H18N2O4S2/c1-3-20-12-6-4-11(5-7-12)14(23-22)17-13(8-10(2)18)15(19)21-9-16/h4-8,22H,3,9,16H2,1-2H3/b13-8+,17-14-. The number of benzene rings is 1. The van der Waals surface area contributed by atoms with Crippen LogP contribution in [0.15, 0.2) is 41.0 Å². The molecule has 0 heterocycles. The van der Waals surface area contributed by atoms with Gasteiger partial charge in [-0.3, -0.25) is 10.5 Å². The highest BCUT2D eigenvalue weighted by atomic mass is 33.1. The smallest absolute Gasteiger partial charge is 0.358 e. The number of thiol groups is 1. The van der Waals surface area contributed by atoms with E-state index in [1.54, 1.807) is 24.3 Å². The summed E-state index contributed by atoms with van der Waals surface area (Å²) in [4.78, 5) is 27.2. The first-order chi connectivity index (χ1) is 11.0. The Hall–Kier alpha value is -1.77. The molecule has 0 fully saturated rings. The molecule has 0 amide bonds. The van der Waals surface area contributed by atoms with Crippen molar-refractivity contribution in [1.29, 1.82) is 0 Å². The third-order valence-electron chi connectivity index (χ3n) is 2.48. The quantitative estimate of drug-likeness (QED) is 0.149. The van der Waals surface area contributed by atoms with Gasteiger partial charge in [-0.15, -0.1) is 11.7 Å². The summed E-state index contributed by atoms with van der Waals surface area (Å²) in [5, 5.41) is 0.442. The number of nitrogens with zero attached hydrogens (tertiary/aromatic N) is 1. The molecule has 0 aliphatic rings. The van der Waals surface area contributed by atoms with Crippen molar-refractivity contribution in [3.63, 3.8) is 0 Å². The van der Waals surface area contributed by atoms with Gasteiger partial charge in [0.2, 0.25) is 0 Å². The van der Waals surface area contributed by atoms with Crippen molar-refractivity contribution in [3.05, 3.63) is 41.6 Å². The van der Waals surface area contributed by atoms with Crippen LogP contribution >= 0.6 is 22.5 Å². The van der Waals surface area contributed by atoms with E-state index in [1.807, 2.05) is 6.92 Å². The van der Waals surface area contributed by atoms with Crippen LogP contribution in [0.25, 0.3) is 0 Å². The maximum absolute atomic E-state index is 11.8. The fourth-order valence-corrected chi connectivity index (χ4v) is 2.41. The average molecular weight is 354 g/mol. The molecule has 1 aromatic rings. The van der Waals surface area contributed by atoms with E-state index >= 15 is 0 Å². The Morgan fingerprint density at radius 2 is 2.00 bits per heavy atom. The number of allylic oxidation sites excluding steroid dienone is 1. The average Bonchev–Trinajstić information content (AvgIpc) is 2.52. The molecule has 0 atom stereocenters. The van der Waals surface area contributed by atoms with Crippen LogP contribution in [0.2, 0.25) is 0 Å². The van der Waals surface area contributed by atoms with Crippen molar-refractivity contribution >= 4 is 39.3 Å². The Labute approximate surface area is 143 Å². The molecule has 0 bridgehead atoms. The molecule has 0 radical (unpaired) electrons. The Balaban J connectivity index is 3.14. The number of aliphatic imine (C=N–C) groups is 1. The minimum absolute atomic E-state index is 0.131. The highest BCUT2D eigenvalue weighted by molar-refractivity contribution is 8.75. The Kier molecular flexibility index (Phi) is 8.46. The summed E-state index contributed by atoms with van der Waals surface area (Å²) in [7, 11) is 1.05. The van der Waals surface area contributed by atoms with Gasteiger partial charge in [0, 0.05) is 11.6 Å². The monoisotopic (exact) mass is 354 g/mol. The molecule has 2 N–H and O–H groups in total. The number of hydrogen-bond donors (Lipinski definition) is 2. The first-order valence-electron chi connectivity index (χ1n) is 6.74. The van der Waals surface area contributed by atoms with E-state index in [-0.39, 0.29) is 18.2 Å². The maximum atomic E-state index is 11.8. The van der Waals surface area contributed by atoms with Gasteiger partial charge < -0.3 is 9.47 Å². The number of ketones is 1. The summed E-state index contributed by atoms with van der Waals surface area (Å²) in [6.07, 6.45) is 1.09. The summed E-state index contributed by atoms with van der Waals surface area (Å²) in [5.74, 6) is -0.372. The van der Waals surface area contributed by atoms with Crippen molar-refractivity contribution in [2.24, 2.45) is 10.7 Å². The van der Waals surface area contributed by atoms with E-state index < -0.39 is 5.97 Å². The van der Waals surface area contributed by atoms with Crippen LogP contribution in [0.1, 0.15) is 19.4 Å². The summed E-state index contributed by atoms with van der Waals surface area (Å²) < 4.78 is 10.1. The Bertz CT molecular complexity index is 612. The fraction of sp³-hybridized carbons (Fsp3) is 0.267. The van der Waals surface area contributed by atoms with Gasteiger partial charge in [0.25, 0.3) is 0 Å². The van der Waals surface area contributed by atoms with Gasteiger partial charge in [-0.2, -0.15) is 0 Å². The van der Waals surface area contributed by atoms with Crippen molar-refractivity contribution in [2.75, 3.05) is 13.3 Å². The van der Waals surface area contributed by atoms with Crippen molar-refractivity contribution in [2.45, 2.75) is 13.8 Å². The number of esters is 1. The normalized spacial score (nSPS) is 12.0. The number of ether oxygens (including phenoxy) is 2. The second kappa shape index (κ2) is 10.1. The van der Waals surface area contributed by atoms with Crippen LogP contribution in [-0.2, 0) is 14.3 Å². The highest BCUT2D eigenvalue weighted by Gasteiger charge is 2.13. The van der Waals surface area contributed by atoms with Crippen LogP contribution in [0.5, 0.6) is 5.75 Å². The lowest BCUT2D eigenvalue weighted by molar-refractivity contribution is -0.139. The summed E-state index contributed by atoms with van der Waals surface area (Å²) in [6, 6.07) is 7.13. The lowest BCUT2D eigenvalue weighted by atomic mass is 10.2. The molecule has 23 heavy (non-hydrogen) atoms. The summed E-state index contributed by atoms with van der Waals surface area (Å²) in [5.41, 5.74) is 5.77. The van der Waals surface area contributed by atoms with Crippen LogP contribution in [0.4, 0.5) is 0 Å². The number of carbonyl (C=O) groups is 2. The zero-order valence-electron chi connectivity index (χ0n) is 12.8. The largest absolute Gasteiger partial charge is 0.494 e. The first-order valence-corrected chi connectivity index (χ1v) is 8.61. The number of nitrogens with two attached hydrogens (primary N) is 1. The molecule has 8 heteroatoms. The maximum Gasteiger partial charge on any atom is 0.358 e. The zero-order valence-corrected chi connectivity index (χ0v) is 14.5. The molecular weight excluding hydrogens is 336 g/mol. The first kappa shape index (κ1) is 19.3. The van der Waals surface area contributed by atoms with Gasteiger partial charge in [-0.1, -0.05) is 0 Å². The molecule has 1 aromatic carbocycles. The second-order valence-electron chi connectivity index (χ2n) is 4.20. The molecule has 0 aromatic heterocycles. The van der Waals surface area contributed by atoms with E-state index in [0.29, 0.717) is 11.7 Å². The van der Waals surface area contributed by atoms with Crippen LogP contribution in [0.3, 0.4) is 0 Å². The molecule has 0 saturated carbocycles. The van der Waals surface area contributed by atoms with Crippen LogP contribution in [0, 0.1) is 0 Å². The molecular formula is C15H18N2O4S2. The number of rotatable bonds is 7. The van der Waals surface area contributed by atoms with E-state index in [9.17, 15) is 9.59 Å². The van der Waals surface area contributed by atoms with Gasteiger partial charge >= 0.3 is 5.97 Å². The van der Waals surface area contributed by atoms with Crippen molar-refractivity contribution in [3.8, 4) is 5.75 Å². The zero-order chi connectivity index (χ0) is 17.2. The lowest BCUT2D eigenvalue weighted by Gasteiger charge is -2.07. The van der Waals surface area contributed by atoms with Gasteiger partial charge in [0.15, 0.2) is 11.5 Å². The number of carbonyl (C=O) groups excluding carboxylic acids is 2. The van der Waals surface area contributed by atoms with Gasteiger partial charge in [-0.25, -0.2) is 9.79 Å². The molecule has 1 rings (SSSR count). The van der Waals surface area contributed by atoms with Gasteiger partial charge in [-0.05, 0) is 48.9 Å². The Morgan fingerprint density at radius 3 is 2.48 bits per heavy atom. The van der Waals surface area contributed by atoms with Gasteiger partial charge in [0.1, 0.15) is 17.5 Å². The Morgan fingerprint density at radius 1 is 1.35 bits per heavy atom. The predicted octanol–water partition coefficient (Wildman–Crippen LogP) is 2.34. The SMILES string of the molecule is CCOc1ccc(/C(=N/C(=C/C(C)=O)C(=O)OCN)SS)cc1. The molecule has 0 spiro atoms. The highest BCUT2D eigenvalue weighted by Crippen LogP contribution is 2.22. The second-order valence-corrected chi connectivity index (χ2v) is 5.32. The van der Waals surface area contributed by atoms with E-state index in [4.69, 9.17) is 15.2 Å². The summed E-state index contributed by atoms with van der Waals surface area (Å²) in [6.45, 7) is 3.48. The molecule has 0 aliphatic heterocycles. The van der Waals surface area contributed by atoms with Gasteiger partial charge in [0.05, 0.1) is 6.61 Å². The van der Waals surface area contributed by atoms with Crippen LogP contribution in [-0.4, -0.2) is 30.1 Å². The third-order valence-corrected chi connectivity index (χ3v) is 3.50. The van der Waals surface area contributed by atoms with Crippen molar-refractivity contribution < 1.29 is 19.1 Å². The van der Waals surface area contributed by atoms with Crippen molar-refractivity contribution in [1.82, 2.24) is 0 Å². The predicted molar refractivity (Wildman–Crippen MR) is 94.6 cm³/mol. The van der Waals surface area contributed by atoms with E-state index in [1.165, 1.54) is 6.92 Å². The minimum atomic E-state index is -0.770. The summed E-state index contributed by atoms with van der Waals surface area (Å²) >= 11 is 4.15. The van der Waals surface area contributed by atoms with Crippen LogP contribution < -0.4 is 10.5 Å². The lowest BCUT2D eigenvalue weighted by Crippen LogP contribution is -2.14. The molecule has 0 unspecified atom stereocenters. The molecule has 124 valence electrons. The van der Waals surface area contributed by atoms with E-state index in [0.717, 1.165) is 28.2 Å². The fourth-order valence-electron chi connectivity index (χ4n) is 1.59. The minimum Gasteiger partial charge on any atom is -0.494 e. The molecule has 0 saturated heterocycles. The third kappa shape index (κ3) is 6.47. The van der Waals surface area contributed by atoms with E-state index in [2.05, 4.69) is 16.7 Å². The topological polar surface area (TPSA) is 91.0 Å². The molecule has 0 aliphatic carbocycles. The number of hydrogen-bond acceptors (Lipinski definition) is 8. The molecule has 6 nitrogen and oxygen atoms in total.